The average molecular weight is 375 g/mol. The number of aryl methyl sites for hydroxylation is 1. The van der Waals surface area contributed by atoms with Crippen LogP contribution in [0.25, 0.3) is 6.08 Å². The molecule has 0 N–H and O–H groups in total. The summed E-state index contributed by atoms with van der Waals surface area (Å²) in [6, 6.07) is 2.06. The Morgan fingerprint density at radius 3 is 3.07 bits per heavy atom. The fourth-order valence-electron chi connectivity index (χ4n) is 4.43. The minimum atomic E-state index is -0.0540. The molecule has 5 nitrogen and oxygen atoms in total. The van der Waals surface area contributed by atoms with E-state index in [4.69, 9.17) is 0 Å². The number of amides is 1. The first-order valence-electron chi connectivity index (χ1n) is 9.75. The van der Waals surface area contributed by atoms with E-state index in [0.29, 0.717) is 24.1 Å². The molecule has 1 unspecified atom stereocenters. The van der Waals surface area contributed by atoms with Gasteiger partial charge in [0.2, 0.25) is 0 Å². The number of carbonyl (C=O) groups is 1. The Balaban J connectivity index is 1.77. The lowest BCUT2D eigenvalue weighted by Crippen LogP contribution is -2.35. The Morgan fingerprint density at radius 2 is 2.29 bits per heavy atom. The van der Waals surface area contributed by atoms with E-state index in [2.05, 4.69) is 11.6 Å². The Morgan fingerprint density at radius 1 is 1.46 bits per heavy atom. The van der Waals surface area contributed by atoms with Gasteiger partial charge in [0.15, 0.2) is 0 Å². The second kappa shape index (κ2) is 7.23. The van der Waals surface area contributed by atoms with E-state index in [1.54, 1.807) is 16.8 Å². The Hall–Kier alpha value is -2.95. The molecule has 0 spiro atoms. The highest BCUT2D eigenvalue weighted by molar-refractivity contribution is 5.99. The number of rotatable bonds is 4. The van der Waals surface area contributed by atoms with Crippen molar-refractivity contribution in [3.8, 4) is 0 Å². The smallest absolute Gasteiger partial charge is 0.256 e. The molecule has 144 valence electrons. The highest BCUT2D eigenvalue weighted by Gasteiger charge is 2.30. The maximum Gasteiger partial charge on any atom is 0.256 e. The molecule has 0 saturated heterocycles. The molecular weight excluding hydrogens is 350 g/mol. The van der Waals surface area contributed by atoms with Crippen LogP contribution in [0.3, 0.4) is 0 Å². The third kappa shape index (κ3) is 3.01. The monoisotopic (exact) mass is 375 g/mol. The number of hydrogen-bond acceptors (Lipinski definition) is 3. The van der Waals surface area contributed by atoms with Crippen LogP contribution in [0, 0.1) is 0 Å². The van der Waals surface area contributed by atoms with Gasteiger partial charge in [0, 0.05) is 37.7 Å². The lowest BCUT2D eigenvalue weighted by atomic mass is 9.88. The van der Waals surface area contributed by atoms with Gasteiger partial charge >= 0.3 is 0 Å². The number of carbonyl (C=O) groups excluding carboxylic acids is 1. The maximum atomic E-state index is 13.5. The highest BCUT2D eigenvalue weighted by atomic mass is 16.2. The largest absolute Gasteiger partial charge is 0.335 e. The average Bonchev–Trinajstić information content (AvgIpc) is 3.10. The van der Waals surface area contributed by atoms with Crippen LogP contribution in [0.5, 0.6) is 0 Å². The number of allylic oxidation sites excluding steroid dienone is 2. The molecule has 5 heteroatoms. The van der Waals surface area contributed by atoms with Crippen molar-refractivity contribution in [1.82, 2.24) is 14.5 Å². The fourth-order valence-corrected chi connectivity index (χ4v) is 4.43. The molecule has 4 rings (SSSR count). The van der Waals surface area contributed by atoms with Crippen molar-refractivity contribution in [2.75, 3.05) is 7.05 Å². The van der Waals surface area contributed by atoms with Crippen LogP contribution in [-0.4, -0.2) is 27.4 Å². The fraction of sp³-hybridized carbons (Fsp3) is 0.348. The third-order valence-electron chi connectivity index (χ3n) is 5.84. The molecular formula is C23H25N3O2. The topological polar surface area (TPSA) is 55.2 Å². The van der Waals surface area contributed by atoms with E-state index in [-0.39, 0.29) is 17.5 Å². The zero-order chi connectivity index (χ0) is 19.8. The van der Waals surface area contributed by atoms with Crippen molar-refractivity contribution in [3.63, 3.8) is 0 Å². The van der Waals surface area contributed by atoms with Crippen LogP contribution in [-0.2, 0) is 19.4 Å². The molecule has 2 aliphatic carbocycles. The van der Waals surface area contributed by atoms with E-state index in [1.807, 2.05) is 43.4 Å². The number of hydrogen-bond donors (Lipinski definition) is 0. The molecule has 2 aromatic heterocycles. The quantitative estimate of drug-likeness (QED) is 0.768. The maximum absolute atomic E-state index is 13.5. The highest BCUT2D eigenvalue weighted by Crippen LogP contribution is 2.35. The summed E-state index contributed by atoms with van der Waals surface area (Å²) in [5.41, 5.74) is 5.55. The van der Waals surface area contributed by atoms with Crippen LogP contribution >= 0.6 is 0 Å². The molecule has 2 heterocycles. The molecule has 0 radical (unpaired) electrons. The van der Waals surface area contributed by atoms with E-state index in [0.717, 1.165) is 36.0 Å². The summed E-state index contributed by atoms with van der Waals surface area (Å²) in [6.45, 7) is 6.13. The Bertz CT molecular complexity index is 1050. The molecule has 0 aromatic carbocycles. The summed E-state index contributed by atoms with van der Waals surface area (Å²) in [5, 5.41) is 0. The first kappa shape index (κ1) is 18.4. The van der Waals surface area contributed by atoms with Crippen LogP contribution in [0.15, 0.2) is 47.7 Å². The van der Waals surface area contributed by atoms with Crippen molar-refractivity contribution < 1.29 is 4.79 Å². The van der Waals surface area contributed by atoms with Gasteiger partial charge < -0.3 is 9.47 Å². The van der Waals surface area contributed by atoms with Gasteiger partial charge in [-0.25, -0.2) is 0 Å². The van der Waals surface area contributed by atoms with Crippen LogP contribution < -0.4 is 5.56 Å². The third-order valence-corrected chi connectivity index (χ3v) is 5.84. The van der Waals surface area contributed by atoms with Crippen molar-refractivity contribution >= 4 is 12.0 Å². The lowest BCUT2D eigenvalue weighted by Gasteiger charge is -2.33. The van der Waals surface area contributed by atoms with Gasteiger partial charge in [-0.3, -0.25) is 14.6 Å². The number of nitrogens with zero attached hydrogens (tertiary/aromatic N) is 3. The van der Waals surface area contributed by atoms with Gasteiger partial charge in [-0.2, -0.15) is 0 Å². The Labute approximate surface area is 165 Å². The standard InChI is InChI=1S/C23H25N3O2/c1-4-10-26-14-20(17-11-15(2)12-18(17)23(26)28)22(27)25(3)21-7-5-6-16-8-9-24-13-19(16)21/h4,8-9,11,13-14,21H,1,5-7,10,12H2,2-3H3. The SMILES string of the molecule is C=CCn1cc(C(=O)N(C)C2CCCc3ccncc32)c2c(c1=O)CC(C)=C2. The van der Waals surface area contributed by atoms with E-state index in [1.165, 1.54) is 5.56 Å². The van der Waals surface area contributed by atoms with Gasteiger partial charge in [0.05, 0.1) is 11.6 Å². The predicted molar refractivity (Wildman–Crippen MR) is 110 cm³/mol. The molecule has 1 amide bonds. The lowest BCUT2D eigenvalue weighted by molar-refractivity contribution is 0.0713. The zero-order valence-corrected chi connectivity index (χ0v) is 16.4. The summed E-state index contributed by atoms with van der Waals surface area (Å²) in [6.07, 6.45) is 12.7. The van der Waals surface area contributed by atoms with Crippen molar-refractivity contribution in [3.05, 3.63) is 81.1 Å². The molecule has 0 saturated carbocycles. The minimum Gasteiger partial charge on any atom is -0.335 e. The van der Waals surface area contributed by atoms with Crippen molar-refractivity contribution in [2.24, 2.45) is 0 Å². The zero-order valence-electron chi connectivity index (χ0n) is 16.4. The van der Waals surface area contributed by atoms with Crippen LogP contribution in [0.4, 0.5) is 0 Å². The number of pyridine rings is 2. The van der Waals surface area contributed by atoms with Gasteiger partial charge in [0.1, 0.15) is 0 Å². The van der Waals surface area contributed by atoms with Crippen LogP contribution in [0.2, 0.25) is 0 Å². The van der Waals surface area contributed by atoms with E-state index < -0.39 is 0 Å². The second-order valence-electron chi connectivity index (χ2n) is 7.75. The van der Waals surface area contributed by atoms with E-state index in [9.17, 15) is 9.59 Å². The van der Waals surface area contributed by atoms with E-state index >= 15 is 0 Å². The van der Waals surface area contributed by atoms with Gasteiger partial charge in [-0.1, -0.05) is 17.7 Å². The molecule has 0 bridgehead atoms. The summed E-state index contributed by atoms with van der Waals surface area (Å²) in [7, 11) is 1.86. The predicted octanol–water partition coefficient (Wildman–Crippen LogP) is 3.54. The summed E-state index contributed by atoms with van der Waals surface area (Å²) >= 11 is 0. The molecule has 0 aliphatic heterocycles. The summed E-state index contributed by atoms with van der Waals surface area (Å²) in [4.78, 5) is 32.4. The van der Waals surface area contributed by atoms with Crippen molar-refractivity contribution in [2.45, 2.75) is 45.2 Å². The van der Waals surface area contributed by atoms with Gasteiger partial charge in [-0.05, 0) is 55.4 Å². The van der Waals surface area contributed by atoms with Crippen molar-refractivity contribution in [1.29, 1.82) is 0 Å². The van der Waals surface area contributed by atoms with Gasteiger partial charge in [0.25, 0.3) is 11.5 Å². The summed E-state index contributed by atoms with van der Waals surface area (Å²) in [5.74, 6) is -0.0540. The van der Waals surface area contributed by atoms with Gasteiger partial charge in [-0.15, -0.1) is 6.58 Å². The normalized spacial score (nSPS) is 17.5. The number of fused-ring (bicyclic) bond motifs is 2. The Kier molecular flexibility index (Phi) is 4.75. The minimum absolute atomic E-state index is 0.00635. The molecule has 28 heavy (non-hydrogen) atoms. The molecule has 0 fully saturated rings. The van der Waals surface area contributed by atoms with Crippen LogP contribution in [0.1, 0.15) is 58.4 Å². The second-order valence-corrected chi connectivity index (χ2v) is 7.75. The first-order chi connectivity index (χ1) is 13.5. The first-order valence-corrected chi connectivity index (χ1v) is 9.75. The molecule has 2 aromatic rings. The number of aromatic nitrogens is 2. The summed E-state index contributed by atoms with van der Waals surface area (Å²) < 4.78 is 1.59. The molecule has 1 atom stereocenters. The molecule has 2 aliphatic rings.